The fourth-order valence-electron chi connectivity index (χ4n) is 8.16. The standard InChI is InChI=1S/C30H37NO3/c1-3-18-16-30(34)12-9-23-20(15-26(30)28(33)27(18)32)8-11-29(2)24(6-7-25(23)29)21-5-4-19-10-13-31-17-22(19)14-21/h4-5,8,10,13-15,17-18,23-25,27-28,32-34H,3,6-7,9,11-12,16H2,1-2H3. The number of rotatable bonds is 2. The van der Waals surface area contributed by atoms with Crippen LogP contribution in [0.1, 0.15) is 70.3 Å². The Morgan fingerprint density at radius 2 is 1.94 bits per heavy atom. The van der Waals surface area contributed by atoms with Gasteiger partial charge in [0.25, 0.3) is 0 Å². The van der Waals surface area contributed by atoms with E-state index in [9.17, 15) is 15.3 Å². The van der Waals surface area contributed by atoms with Crippen LogP contribution >= 0.6 is 0 Å². The van der Waals surface area contributed by atoms with Gasteiger partial charge >= 0.3 is 0 Å². The summed E-state index contributed by atoms with van der Waals surface area (Å²) in [5.74, 6) is 1.41. The second-order valence-corrected chi connectivity index (χ2v) is 11.7. The summed E-state index contributed by atoms with van der Waals surface area (Å²) in [7, 11) is 0. The Morgan fingerprint density at radius 1 is 1.09 bits per heavy atom. The first kappa shape index (κ1) is 22.5. The highest BCUT2D eigenvalue weighted by molar-refractivity contribution is 5.82. The van der Waals surface area contributed by atoms with Crippen molar-refractivity contribution in [1.82, 2.24) is 4.98 Å². The number of aromatic nitrogens is 1. The Hall–Kier alpha value is -2.01. The summed E-state index contributed by atoms with van der Waals surface area (Å²) in [5, 5.41) is 35.8. The van der Waals surface area contributed by atoms with E-state index in [2.05, 4.69) is 48.3 Å². The number of benzene rings is 1. The number of nitrogens with zero attached hydrogens (tertiary/aromatic N) is 1. The van der Waals surface area contributed by atoms with Gasteiger partial charge in [0.1, 0.15) is 6.10 Å². The molecule has 4 aliphatic rings. The summed E-state index contributed by atoms with van der Waals surface area (Å²) in [6, 6.07) is 8.97. The first-order valence-corrected chi connectivity index (χ1v) is 13.2. The van der Waals surface area contributed by atoms with E-state index in [4.69, 9.17) is 0 Å². The van der Waals surface area contributed by atoms with E-state index in [-0.39, 0.29) is 11.3 Å². The molecule has 2 fully saturated rings. The van der Waals surface area contributed by atoms with Gasteiger partial charge in [0, 0.05) is 17.8 Å². The maximum absolute atomic E-state index is 11.7. The third-order valence-corrected chi connectivity index (χ3v) is 10.1. The quantitative estimate of drug-likeness (QED) is 0.571. The predicted molar refractivity (Wildman–Crippen MR) is 134 cm³/mol. The van der Waals surface area contributed by atoms with Crippen molar-refractivity contribution < 1.29 is 15.3 Å². The van der Waals surface area contributed by atoms with E-state index in [1.165, 1.54) is 34.8 Å². The van der Waals surface area contributed by atoms with Crippen LogP contribution in [-0.4, -0.2) is 38.1 Å². The number of aliphatic hydroxyl groups excluding tert-OH is 2. The molecule has 0 saturated heterocycles. The topological polar surface area (TPSA) is 73.6 Å². The van der Waals surface area contributed by atoms with Gasteiger partial charge in [-0.05, 0) is 102 Å². The fourth-order valence-corrected chi connectivity index (χ4v) is 8.16. The zero-order chi connectivity index (χ0) is 23.7. The van der Waals surface area contributed by atoms with Crippen LogP contribution in [0, 0.1) is 23.2 Å². The van der Waals surface area contributed by atoms with Crippen LogP contribution in [0.2, 0.25) is 0 Å². The van der Waals surface area contributed by atoms with E-state index in [0.717, 1.165) is 19.3 Å². The molecule has 4 aliphatic carbocycles. The van der Waals surface area contributed by atoms with Crippen LogP contribution in [0.3, 0.4) is 0 Å². The molecule has 8 unspecified atom stereocenters. The Labute approximate surface area is 202 Å². The smallest absolute Gasteiger partial charge is 0.104 e. The molecular formula is C30H37NO3. The van der Waals surface area contributed by atoms with Gasteiger partial charge in [-0.25, -0.2) is 0 Å². The second kappa shape index (κ2) is 8.01. The molecule has 2 aromatic rings. The molecule has 0 radical (unpaired) electrons. The fraction of sp³-hybridized carbons (Fsp3) is 0.567. The third-order valence-electron chi connectivity index (χ3n) is 10.1. The van der Waals surface area contributed by atoms with Gasteiger partial charge in [-0.15, -0.1) is 0 Å². The van der Waals surface area contributed by atoms with E-state index in [0.29, 0.717) is 36.2 Å². The minimum absolute atomic E-state index is 0.0604. The van der Waals surface area contributed by atoms with E-state index < -0.39 is 17.8 Å². The number of pyridine rings is 1. The molecule has 8 atom stereocenters. The van der Waals surface area contributed by atoms with Crippen LogP contribution in [0.25, 0.3) is 10.8 Å². The summed E-state index contributed by atoms with van der Waals surface area (Å²) < 4.78 is 0. The summed E-state index contributed by atoms with van der Waals surface area (Å²) in [5.41, 5.74) is 2.53. The molecule has 34 heavy (non-hydrogen) atoms. The largest absolute Gasteiger partial charge is 0.390 e. The van der Waals surface area contributed by atoms with Gasteiger partial charge in [-0.1, -0.05) is 44.6 Å². The number of hydrogen-bond donors (Lipinski definition) is 3. The molecule has 4 heteroatoms. The van der Waals surface area contributed by atoms with Gasteiger partial charge in [0.15, 0.2) is 0 Å². The maximum Gasteiger partial charge on any atom is 0.104 e. The molecule has 0 amide bonds. The molecule has 6 rings (SSSR count). The number of aliphatic hydroxyl groups is 3. The summed E-state index contributed by atoms with van der Waals surface area (Å²) in [4.78, 5) is 4.33. The third kappa shape index (κ3) is 3.26. The Kier molecular flexibility index (Phi) is 5.29. The first-order valence-electron chi connectivity index (χ1n) is 13.2. The minimum atomic E-state index is -1.00. The number of hydrogen-bond acceptors (Lipinski definition) is 4. The van der Waals surface area contributed by atoms with Crippen LogP contribution in [-0.2, 0) is 0 Å². The highest BCUT2D eigenvalue weighted by Gasteiger charge is 2.54. The van der Waals surface area contributed by atoms with E-state index in [1.54, 1.807) is 0 Å². The molecular weight excluding hydrogens is 422 g/mol. The lowest BCUT2D eigenvalue weighted by Crippen LogP contribution is -2.51. The highest BCUT2D eigenvalue weighted by Crippen LogP contribution is 2.63. The van der Waals surface area contributed by atoms with Crippen molar-refractivity contribution in [2.45, 2.75) is 82.5 Å². The van der Waals surface area contributed by atoms with Crippen molar-refractivity contribution in [2.24, 2.45) is 23.2 Å². The second-order valence-electron chi connectivity index (χ2n) is 11.7. The monoisotopic (exact) mass is 459 g/mol. The molecule has 1 aromatic heterocycles. The molecule has 1 aromatic carbocycles. The van der Waals surface area contributed by atoms with Gasteiger partial charge in [-0.3, -0.25) is 4.98 Å². The molecule has 0 spiro atoms. The normalized spacial score (nSPS) is 41.7. The van der Waals surface area contributed by atoms with Crippen molar-refractivity contribution in [1.29, 1.82) is 0 Å². The molecule has 0 bridgehead atoms. The van der Waals surface area contributed by atoms with Gasteiger partial charge in [-0.2, -0.15) is 0 Å². The van der Waals surface area contributed by atoms with Crippen LogP contribution in [0.5, 0.6) is 0 Å². The molecule has 4 nitrogen and oxygen atoms in total. The lowest BCUT2D eigenvalue weighted by molar-refractivity contribution is -0.0879. The van der Waals surface area contributed by atoms with E-state index in [1.807, 2.05) is 19.3 Å². The summed E-state index contributed by atoms with van der Waals surface area (Å²) >= 11 is 0. The Morgan fingerprint density at radius 3 is 2.76 bits per heavy atom. The van der Waals surface area contributed by atoms with Crippen molar-refractivity contribution in [3.05, 3.63) is 65.5 Å². The average molecular weight is 460 g/mol. The summed E-state index contributed by atoms with van der Waals surface area (Å²) in [6.07, 6.45) is 12.8. The van der Waals surface area contributed by atoms with Crippen molar-refractivity contribution >= 4 is 10.8 Å². The highest BCUT2D eigenvalue weighted by atomic mass is 16.3. The van der Waals surface area contributed by atoms with Crippen molar-refractivity contribution in [3.63, 3.8) is 0 Å². The van der Waals surface area contributed by atoms with Gasteiger partial charge < -0.3 is 15.3 Å². The molecule has 3 N–H and O–H groups in total. The van der Waals surface area contributed by atoms with E-state index >= 15 is 0 Å². The minimum Gasteiger partial charge on any atom is -0.390 e. The maximum atomic E-state index is 11.7. The SMILES string of the molecule is CCC1CC2(O)CCC3C(=CCC4(C)C(c5ccc6ccncc6c5)CCC34)C=C2C(O)C1O. The lowest BCUT2D eigenvalue weighted by atomic mass is 9.60. The molecule has 180 valence electrons. The Bertz CT molecular complexity index is 1170. The average Bonchev–Trinajstić information content (AvgIpc) is 3.12. The molecule has 1 heterocycles. The zero-order valence-electron chi connectivity index (χ0n) is 20.3. The number of allylic oxidation sites excluding steroid dienone is 3. The lowest BCUT2D eigenvalue weighted by Gasteiger charge is -2.45. The van der Waals surface area contributed by atoms with Gasteiger partial charge in [0.2, 0.25) is 0 Å². The number of fused-ring (bicyclic) bond motifs is 5. The van der Waals surface area contributed by atoms with Gasteiger partial charge in [0.05, 0.1) is 11.7 Å². The van der Waals surface area contributed by atoms with Crippen LogP contribution in [0.15, 0.2) is 60.0 Å². The van der Waals surface area contributed by atoms with Crippen molar-refractivity contribution in [3.8, 4) is 0 Å². The first-order chi connectivity index (χ1) is 16.3. The summed E-state index contributed by atoms with van der Waals surface area (Å²) in [6.45, 7) is 4.51. The van der Waals surface area contributed by atoms with Crippen molar-refractivity contribution in [2.75, 3.05) is 0 Å². The molecule has 2 saturated carbocycles. The van der Waals surface area contributed by atoms with Crippen LogP contribution in [0.4, 0.5) is 0 Å². The molecule has 0 aliphatic heterocycles. The predicted octanol–water partition coefficient (Wildman–Crippen LogP) is 5.28. The Balaban J connectivity index is 1.34. The van der Waals surface area contributed by atoms with Crippen LogP contribution < -0.4 is 0 Å². The zero-order valence-corrected chi connectivity index (χ0v) is 20.3.